The maximum atomic E-state index is 5.22. The maximum absolute atomic E-state index is 5.22. The van der Waals surface area contributed by atoms with Crippen LogP contribution in [0.4, 0.5) is 0 Å². The van der Waals surface area contributed by atoms with Crippen molar-refractivity contribution in [1.29, 1.82) is 0 Å². The Balaban J connectivity index is 2.81. The monoisotopic (exact) mass is 249 g/mol. The van der Waals surface area contributed by atoms with E-state index < -0.39 is 0 Å². The van der Waals surface area contributed by atoms with Gasteiger partial charge in [0.1, 0.15) is 0 Å². The summed E-state index contributed by atoms with van der Waals surface area (Å²) < 4.78 is 5.22. The van der Waals surface area contributed by atoms with Gasteiger partial charge in [-0.15, -0.1) is 0 Å². The molecule has 2 heteroatoms. The van der Waals surface area contributed by atoms with Crippen molar-refractivity contribution in [2.45, 2.75) is 45.7 Å². The van der Waals surface area contributed by atoms with Crippen LogP contribution >= 0.6 is 0 Å². The van der Waals surface area contributed by atoms with Gasteiger partial charge in [0.05, 0.1) is 6.61 Å². The highest BCUT2D eigenvalue weighted by atomic mass is 16.5. The molecule has 1 rings (SSSR count). The van der Waals surface area contributed by atoms with Crippen molar-refractivity contribution in [3.63, 3.8) is 0 Å². The Bertz CT molecular complexity index is 308. The van der Waals surface area contributed by atoms with Crippen molar-refractivity contribution in [2.75, 3.05) is 13.7 Å². The second-order valence-electron chi connectivity index (χ2n) is 4.99. The molecule has 18 heavy (non-hydrogen) atoms. The highest BCUT2D eigenvalue weighted by molar-refractivity contribution is 5.19. The summed E-state index contributed by atoms with van der Waals surface area (Å²) in [6.45, 7) is 7.48. The maximum Gasteiger partial charge on any atom is 0.0613 e. The lowest BCUT2D eigenvalue weighted by molar-refractivity contribution is 0.158. The van der Waals surface area contributed by atoms with Crippen LogP contribution in [-0.2, 0) is 4.74 Å². The van der Waals surface area contributed by atoms with E-state index in [1.165, 1.54) is 18.4 Å². The van der Waals surface area contributed by atoms with Crippen LogP contribution < -0.4 is 5.32 Å². The molecule has 0 aliphatic heterocycles. The van der Waals surface area contributed by atoms with Crippen molar-refractivity contribution >= 4 is 0 Å². The van der Waals surface area contributed by atoms with Crippen LogP contribution in [0.25, 0.3) is 0 Å². The lowest BCUT2D eigenvalue weighted by Crippen LogP contribution is -2.37. The Labute approximate surface area is 112 Å². The third-order valence-corrected chi connectivity index (χ3v) is 3.56. The van der Waals surface area contributed by atoms with E-state index >= 15 is 0 Å². The molecule has 0 spiro atoms. The number of methoxy groups -OCH3 is 1. The van der Waals surface area contributed by atoms with Crippen molar-refractivity contribution in [3.8, 4) is 0 Å². The number of hydrogen-bond donors (Lipinski definition) is 1. The second kappa shape index (κ2) is 8.28. The van der Waals surface area contributed by atoms with Crippen molar-refractivity contribution in [2.24, 2.45) is 5.92 Å². The highest BCUT2D eigenvalue weighted by Gasteiger charge is 2.21. The molecule has 102 valence electrons. The van der Waals surface area contributed by atoms with Gasteiger partial charge in [0, 0.05) is 19.2 Å². The van der Waals surface area contributed by atoms with Gasteiger partial charge in [0.15, 0.2) is 0 Å². The molecular formula is C16H27NO. The molecule has 1 aromatic rings. The first-order chi connectivity index (χ1) is 8.72. The predicted molar refractivity (Wildman–Crippen MR) is 77.7 cm³/mol. The molecule has 0 fully saturated rings. The minimum atomic E-state index is 0.376. The van der Waals surface area contributed by atoms with E-state index in [9.17, 15) is 0 Å². The average Bonchev–Trinajstić information content (AvgIpc) is 2.40. The standard InChI is InChI=1S/C16H27NO/c1-5-14(6-2)16(17-13(3)12-18-4)15-10-8-7-9-11-15/h7-11,13-14,16-17H,5-6,12H2,1-4H3. The largest absolute Gasteiger partial charge is 0.383 e. The fourth-order valence-corrected chi connectivity index (χ4v) is 2.53. The molecule has 0 aromatic heterocycles. The molecule has 0 aliphatic carbocycles. The van der Waals surface area contributed by atoms with Crippen LogP contribution in [0.3, 0.4) is 0 Å². The Morgan fingerprint density at radius 3 is 2.22 bits per heavy atom. The summed E-state index contributed by atoms with van der Waals surface area (Å²) in [6, 6.07) is 11.5. The van der Waals surface area contributed by atoms with Crippen LogP contribution in [0.15, 0.2) is 30.3 Å². The quantitative estimate of drug-likeness (QED) is 0.757. The molecule has 2 unspecified atom stereocenters. The number of ether oxygens (including phenoxy) is 1. The zero-order valence-corrected chi connectivity index (χ0v) is 12.1. The third-order valence-electron chi connectivity index (χ3n) is 3.56. The smallest absolute Gasteiger partial charge is 0.0613 e. The Kier molecular flexibility index (Phi) is 6.99. The normalized spacial score (nSPS) is 14.7. The molecule has 0 saturated carbocycles. The van der Waals surface area contributed by atoms with Crippen molar-refractivity contribution in [1.82, 2.24) is 5.32 Å². The molecule has 0 aliphatic rings. The van der Waals surface area contributed by atoms with Gasteiger partial charge in [0.25, 0.3) is 0 Å². The van der Waals surface area contributed by atoms with E-state index in [0.29, 0.717) is 18.0 Å². The van der Waals surface area contributed by atoms with Gasteiger partial charge in [-0.1, -0.05) is 57.0 Å². The Morgan fingerprint density at radius 1 is 1.11 bits per heavy atom. The zero-order valence-electron chi connectivity index (χ0n) is 12.1. The first kappa shape index (κ1) is 15.2. The molecule has 1 N–H and O–H groups in total. The lowest BCUT2D eigenvalue weighted by atomic mass is 9.88. The SMILES string of the molecule is CCC(CC)C(NC(C)COC)c1ccccc1. The van der Waals surface area contributed by atoms with Crippen LogP contribution in [0, 0.1) is 5.92 Å². The van der Waals surface area contributed by atoms with E-state index in [0.717, 1.165) is 6.61 Å². The number of rotatable bonds is 8. The molecule has 0 radical (unpaired) electrons. The van der Waals surface area contributed by atoms with E-state index in [4.69, 9.17) is 4.74 Å². The summed E-state index contributed by atoms with van der Waals surface area (Å²) in [5, 5.41) is 3.71. The summed E-state index contributed by atoms with van der Waals surface area (Å²) >= 11 is 0. The Morgan fingerprint density at radius 2 is 1.72 bits per heavy atom. The molecule has 0 saturated heterocycles. The number of hydrogen-bond acceptors (Lipinski definition) is 2. The molecule has 0 bridgehead atoms. The van der Waals surface area contributed by atoms with Crippen LogP contribution in [-0.4, -0.2) is 19.8 Å². The molecule has 0 amide bonds. The van der Waals surface area contributed by atoms with Gasteiger partial charge < -0.3 is 10.1 Å². The second-order valence-corrected chi connectivity index (χ2v) is 4.99. The van der Waals surface area contributed by atoms with Gasteiger partial charge in [0.2, 0.25) is 0 Å². The fraction of sp³-hybridized carbons (Fsp3) is 0.625. The summed E-state index contributed by atoms with van der Waals surface area (Å²) in [6.07, 6.45) is 2.39. The summed E-state index contributed by atoms with van der Waals surface area (Å²) in [4.78, 5) is 0. The van der Waals surface area contributed by atoms with Gasteiger partial charge in [-0.25, -0.2) is 0 Å². The lowest BCUT2D eigenvalue weighted by Gasteiger charge is -2.30. The van der Waals surface area contributed by atoms with Crippen molar-refractivity contribution < 1.29 is 4.74 Å². The first-order valence-electron chi connectivity index (χ1n) is 7.02. The zero-order chi connectivity index (χ0) is 13.4. The number of nitrogens with one attached hydrogen (secondary N) is 1. The molecular weight excluding hydrogens is 222 g/mol. The molecule has 1 aromatic carbocycles. The first-order valence-corrected chi connectivity index (χ1v) is 7.02. The van der Waals surface area contributed by atoms with E-state index in [1.54, 1.807) is 7.11 Å². The van der Waals surface area contributed by atoms with E-state index in [-0.39, 0.29) is 0 Å². The van der Waals surface area contributed by atoms with Gasteiger partial charge in [-0.05, 0) is 18.4 Å². The van der Waals surface area contributed by atoms with Crippen LogP contribution in [0.2, 0.25) is 0 Å². The predicted octanol–water partition coefficient (Wildman–Crippen LogP) is 3.79. The average molecular weight is 249 g/mol. The highest BCUT2D eigenvalue weighted by Crippen LogP contribution is 2.27. The summed E-state index contributed by atoms with van der Waals surface area (Å²) in [5.74, 6) is 0.673. The fourth-order valence-electron chi connectivity index (χ4n) is 2.53. The summed E-state index contributed by atoms with van der Waals surface area (Å²) in [7, 11) is 1.76. The minimum absolute atomic E-state index is 0.376. The summed E-state index contributed by atoms with van der Waals surface area (Å²) in [5.41, 5.74) is 1.38. The van der Waals surface area contributed by atoms with Crippen molar-refractivity contribution in [3.05, 3.63) is 35.9 Å². The third kappa shape index (κ3) is 4.43. The molecule has 0 heterocycles. The molecule has 2 atom stereocenters. The van der Waals surface area contributed by atoms with E-state index in [2.05, 4.69) is 56.4 Å². The van der Waals surface area contributed by atoms with Crippen LogP contribution in [0.5, 0.6) is 0 Å². The Hall–Kier alpha value is -0.860. The van der Waals surface area contributed by atoms with Crippen LogP contribution in [0.1, 0.15) is 45.2 Å². The van der Waals surface area contributed by atoms with Gasteiger partial charge in [-0.2, -0.15) is 0 Å². The topological polar surface area (TPSA) is 21.3 Å². The van der Waals surface area contributed by atoms with Gasteiger partial charge >= 0.3 is 0 Å². The van der Waals surface area contributed by atoms with E-state index in [1.807, 2.05) is 0 Å². The van der Waals surface area contributed by atoms with Gasteiger partial charge in [-0.3, -0.25) is 0 Å². The molecule has 2 nitrogen and oxygen atoms in total. The number of benzene rings is 1. The minimum Gasteiger partial charge on any atom is -0.383 e.